The summed E-state index contributed by atoms with van der Waals surface area (Å²) in [7, 11) is 3.11. The van der Waals surface area contributed by atoms with E-state index >= 15 is 0 Å². The van der Waals surface area contributed by atoms with Gasteiger partial charge in [-0.25, -0.2) is 19.7 Å². The quantitative estimate of drug-likeness (QED) is 0.154. The number of aryl methyl sites for hydroxylation is 1. The molecule has 56 heavy (non-hydrogen) atoms. The van der Waals surface area contributed by atoms with Gasteiger partial charge in [0, 0.05) is 43.7 Å². The minimum absolute atomic E-state index is 0.0855. The van der Waals surface area contributed by atoms with E-state index in [1.54, 1.807) is 28.1 Å². The third kappa shape index (κ3) is 7.41. The van der Waals surface area contributed by atoms with E-state index in [-0.39, 0.29) is 23.9 Å². The first kappa shape index (κ1) is 36.1. The number of methoxy groups -OCH3 is 1. The summed E-state index contributed by atoms with van der Waals surface area (Å²) in [5.74, 6) is 8.12. The number of aromatic amines is 2. The molecule has 0 spiro atoms. The Labute approximate surface area is 324 Å². The Morgan fingerprint density at radius 2 is 1.32 bits per heavy atom. The molecule has 282 valence electrons. The average molecular weight is 748 g/mol. The Hall–Kier alpha value is -6.94. The second-order valence-corrected chi connectivity index (χ2v) is 14.0. The first-order chi connectivity index (χ1) is 27.4. The third-order valence-electron chi connectivity index (χ3n) is 10.5. The zero-order chi connectivity index (χ0) is 38.6. The standard InChI is InChI=1S/C43H41N9O4/c1-50-25-22-44-40(50)42(54)52-24-7-11-36(52)39-46-27-34(48-39)31-20-16-29(17-21-31)13-12-28-14-18-30(19-15-28)33-26-45-38(47-33)35-10-6-23-51(35)41(53)37(49-43(55)56-2)32-8-4-3-5-9-32/h3-5,8-9,14-22,25-27,35-37H,6-7,10-11,23-24H2,1-2H3,(H,45,47)(H,46,48)(H,49,55)/t35-,36-,37+/m0/s1. The number of nitrogens with one attached hydrogen (secondary N) is 3. The average Bonchev–Trinajstić information content (AvgIpc) is 4.09. The van der Waals surface area contributed by atoms with Gasteiger partial charge < -0.3 is 34.4 Å². The van der Waals surface area contributed by atoms with Crippen molar-refractivity contribution in [2.75, 3.05) is 20.2 Å². The molecule has 13 nitrogen and oxygen atoms in total. The lowest BCUT2D eigenvalue weighted by Crippen LogP contribution is -2.42. The number of nitrogens with zero attached hydrogens (tertiary/aromatic N) is 6. The van der Waals surface area contributed by atoms with Gasteiger partial charge >= 0.3 is 6.09 Å². The molecule has 3 atom stereocenters. The van der Waals surface area contributed by atoms with Gasteiger partial charge in [0.1, 0.15) is 17.7 Å². The fourth-order valence-electron chi connectivity index (χ4n) is 7.50. The fraction of sp³-hybridized carbons (Fsp3) is 0.256. The minimum atomic E-state index is -0.874. The molecule has 3 N–H and O–H groups in total. The molecule has 2 aliphatic rings. The van der Waals surface area contributed by atoms with Gasteiger partial charge in [-0.15, -0.1) is 0 Å². The largest absolute Gasteiger partial charge is 0.453 e. The molecular weight excluding hydrogens is 707 g/mol. The van der Waals surface area contributed by atoms with Crippen LogP contribution in [-0.2, 0) is 16.6 Å². The number of likely N-dealkylation sites (tertiary alicyclic amines) is 2. The lowest BCUT2D eigenvalue weighted by molar-refractivity contribution is -0.134. The molecule has 0 aliphatic carbocycles. The maximum atomic E-state index is 13.8. The molecule has 6 aromatic rings. The summed E-state index contributed by atoms with van der Waals surface area (Å²) in [6.45, 7) is 1.23. The third-order valence-corrected chi connectivity index (χ3v) is 10.5. The number of amides is 3. The van der Waals surface area contributed by atoms with E-state index in [2.05, 4.69) is 42.1 Å². The molecule has 8 rings (SSSR count). The molecule has 5 heterocycles. The van der Waals surface area contributed by atoms with Gasteiger partial charge in [0.05, 0.1) is 43.0 Å². The summed E-state index contributed by atoms with van der Waals surface area (Å²) >= 11 is 0. The summed E-state index contributed by atoms with van der Waals surface area (Å²) in [6.07, 6.45) is 9.69. The van der Waals surface area contributed by atoms with E-state index in [0.29, 0.717) is 30.3 Å². The molecule has 2 saturated heterocycles. The predicted octanol–water partition coefficient (Wildman–Crippen LogP) is 6.34. The van der Waals surface area contributed by atoms with Crippen LogP contribution in [-0.4, -0.2) is 77.4 Å². The van der Waals surface area contributed by atoms with Gasteiger partial charge in [-0.3, -0.25) is 9.59 Å². The number of carbonyl (C=O) groups excluding carboxylic acids is 3. The van der Waals surface area contributed by atoms with Gasteiger partial charge in [-0.1, -0.05) is 66.4 Å². The van der Waals surface area contributed by atoms with Crippen molar-refractivity contribution in [3.8, 4) is 34.4 Å². The lowest BCUT2D eigenvalue weighted by atomic mass is 10.1. The number of carbonyl (C=O) groups is 3. The van der Waals surface area contributed by atoms with Gasteiger partial charge in [-0.2, -0.15) is 0 Å². The Bertz CT molecular complexity index is 2400. The molecule has 3 amide bonds. The van der Waals surface area contributed by atoms with Crippen LogP contribution in [0.15, 0.2) is 104 Å². The number of rotatable bonds is 8. The van der Waals surface area contributed by atoms with Crippen molar-refractivity contribution in [3.63, 3.8) is 0 Å². The molecule has 0 radical (unpaired) electrons. The molecule has 13 heteroatoms. The van der Waals surface area contributed by atoms with Gasteiger partial charge in [0.25, 0.3) is 11.8 Å². The number of H-pyrrole nitrogens is 2. The second-order valence-electron chi connectivity index (χ2n) is 14.0. The normalized spacial score (nSPS) is 17.0. The number of aromatic nitrogens is 6. The van der Waals surface area contributed by atoms with Crippen molar-refractivity contribution in [2.45, 2.75) is 43.8 Å². The maximum Gasteiger partial charge on any atom is 0.407 e. The molecule has 0 unspecified atom stereocenters. The van der Waals surface area contributed by atoms with Crippen molar-refractivity contribution in [1.29, 1.82) is 0 Å². The van der Waals surface area contributed by atoms with Crippen molar-refractivity contribution < 1.29 is 19.1 Å². The second kappa shape index (κ2) is 15.8. The summed E-state index contributed by atoms with van der Waals surface area (Å²) in [4.78, 5) is 63.3. The number of hydrogen-bond acceptors (Lipinski definition) is 7. The van der Waals surface area contributed by atoms with Crippen molar-refractivity contribution in [3.05, 3.63) is 138 Å². The molecule has 2 aliphatic heterocycles. The van der Waals surface area contributed by atoms with Crippen LogP contribution >= 0.6 is 0 Å². The Kier molecular flexibility index (Phi) is 10.2. The van der Waals surface area contributed by atoms with Crippen molar-refractivity contribution >= 4 is 17.9 Å². The highest BCUT2D eigenvalue weighted by atomic mass is 16.5. The van der Waals surface area contributed by atoms with Crippen LogP contribution in [0.2, 0.25) is 0 Å². The van der Waals surface area contributed by atoms with E-state index in [1.807, 2.05) is 97.0 Å². The highest BCUT2D eigenvalue weighted by Crippen LogP contribution is 2.35. The molecular formula is C43H41N9O4. The Morgan fingerprint density at radius 1 is 0.768 bits per heavy atom. The zero-order valence-corrected chi connectivity index (χ0v) is 31.1. The van der Waals surface area contributed by atoms with E-state index in [0.717, 1.165) is 65.1 Å². The van der Waals surface area contributed by atoms with Crippen LogP contribution in [0.3, 0.4) is 0 Å². The topological polar surface area (TPSA) is 154 Å². The summed E-state index contributed by atoms with van der Waals surface area (Å²) < 4.78 is 6.56. The molecule has 0 saturated carbocycles. The zero-order valence-electron chi connectivity index (χ0n) is 31.1. The lowest BCUT2D eigenvalue weighted by Gasteiger charge is -2.28. The molecule has 3 aromatic heterocycles. The van der Waals surface area contributed by atoms with Crippen molar-refractivity contribution in [2.24, 2.45) is 7.05 Å². The minimum Gasteiger partial charge on any atom is -0.453 e. The van der Waals surface area contributed by atoms with Crippen LogP contribution in [0.1, 0.15) is 82.8 Å². The van der Waals surface area contributed by atoms with Crippen LogP contribution in [0, 0.1) is 11.8 Å². The van der Waals surface area contributed by atoms with Crippen LogP contribution in [0.5, 0.6) is 0 Å². The van der Waals surface area contributed by atoms with E-state index in [1.165, 1.54) is 7.11 Å². The van der Waals surface area contributed by atoms with Gasteiger partial charge in [0.15, 0.2) is 5.82 Å². The summed E-state index contributed by atoms with van der Waals surface area (Å²) in [5.41, 5.74) is 6.08. The van der Waals surface area contributed by atoms with Gasteiger partial charge in [0.2, 0.25) is 0 Å². The van der Waals surface area contributed by atoms with E-state index in [9.17, 15) is 14.4 Å². The summed E-state index contributed by atoms with van der Waals surface area (Å²) in [5, 5.41) is 2.71. The number of alkyl carbamates (subject to hydrolysis) is 1. The number of imidazole rings is 3. The Balaban J connectivity index is 0.906. The SMILES string of the molecule is COC(=O)N[C@@H](C(=O)N1CCC[C@H]1c1ncc(-c2ccc(C#Cc3ccc(-c4cnc([C@@H]5CCCN5C(=O)c5nccn5C)[nH]4)cc3)cc2)[nH]1)c1ccccc1. The number of benzene rings is 3. The first-order valence-electron chi connectivity index (χ1n) is 18.7. The maximum absolute atomic E-state index is 13.8. The number of ether oxygens (including phenoxy) is 1. The van der Waals surface area contributed by atoms with Crippen LogP contribution in [0.25, 0.3) is 22.5 Å². The predicted molar refractivity (Wildman–Crippen MR) is 209 cm³/mol. The first-order valence-corrected chi connectivity index (χ1v) is 18.7. The van der Waals surface area contributed by atoms with E-state index < -0.39 is 12.1 Å². The van der Waals surface area contributed by atoms with Crippen LogP contribution in [0.4, 0.5) is 4.79 Å². The molecule has 3 aromatic carbocycles. The van der Waals surface area contributed by atoms with Crippen LogP contribution < -0.4 is 5.32 Å². The van der Waals surface area contributed by atoms with Gasteiger partial charge in [-0.05, 0) is 66.6 Å². The smallest absolute Gasteiger partial charge is 0.407 e. The highest BCUT2D eigenvalue weighted by Gasteiger charge is 2.37. The fourth-order valence-corrected chi connectivity index (χ4v) is 7.50. The monoisotopic (exact) mass is 747 g/mol. The molecule has 2 fully saturated rings. The molecule has 0 bridgehead atoms. The highest BCUT2D eigenvalue weighted by molar-refractivity contribution is 5.91. The van der Waals surface area contributed by atoms with Crippen molar-refractivity contribution in [1.82, 2.24) is 44.6 Å². The van der Waals surface area contributed by atoms with E-state index in [4.69, 9.17) is 4.74 Å². The summed E-state index contributed by atoms with van der Waals surface area (Å²) in [6, 6.07) is 23.9. The number of hydrogen-bond donors (Lipinski definition) is 3. The Morgan fingerprint density at radius 3 is 1.86 bits per heavy atom.